The minimum Gasteiger partial charge on any atom is -0.480 e. The number of aliphatic carboxylic acids is 1. The van der Waals surface area contributed by atoms with Gasteiger partial charge in [0.2, 0.25) is 10.0 Å². The van der Waals surface area contributed by atoms with Crippen molar-refractivity contribution >= 4 is 16.0 Å². The van der Waals surface area contributed by atoms with Gasteiger partial charge in [0.1, 0.15) is 23.2 Å². The molecule has 1 saturated carbocycles. The lowest BCUT2D eigenvalue weighted by Crippen LogP contribution is -2.37. The van der Waals surface area contributed by atoms with Gasteiger partial charge in [-0.05, 0) is 30.9 Å². The molecule has 1 aliphatic carbocycles. The zero-order valence-electron chi connectivity index (χ0n) is 10.6. The van der Waals surface area contributed by atoms with Gasteiger partial charge < -0.3 is 5.11 Å². The Morgan fingerprint density at radius 3 is 2.65 bits per heavy atom. The second kappa shape index (κ2) is 5.56. The maximum absolute atomic E-state index is 12.4. The lowest BCUT2D eigenvalue weighted by Gasteiger charge is -2.19. The van der Waals surface area contributed by atoms with E-state index in [4.69, 9.17) is 10.4 Å². The third-order valence-corrected chi connectivity index (χ3v) is 4.75. The second-order valence-electron chi connectivity index (χ2n) is 4.63. The van der Waals surface area contributed by atoms with Gasteiger partial charge in [-0.15, -0.1) is 0 Å². The van der Waals surface area contributed by atoms with Crippen LogP contribution in [0.4, 0.5) is 0 Å². The van der Waals surface area contributed by atoms with E-state index in [9.17, 15) is 13.2 Å². The molecule has 7 nitrogen and oxygen atoms in total. The first-order valence-corrected chi connectivity index (χ1v) is 7.45. The number of nitriles is 1. The van der Waals surface area contributed by atoms with Crippen LogP contribution in [0.15, 0.2) is 23.2 Å². The van der Waals surface area contributed by atoms with Gasteiger partial charge >= 0.3 is 5.97 Å². The molecule has 0 radical (unpaired) electrons. The van der Waals surface area contributed by atoms with Gasteiger partial charge in [0, 0.05) is 12.7 Å². The molecule has 2 rings (SSSR count). The summed E-state index contributed by atoms with van der Waals surface area (Å²) in [5.74, 6) is -0.966. The summed E-state index contributed by atoms with van der Waals surface area (Å²) in [6.07, 6.45) is 2.91. The molecule has 0 atom stereocenters. The number of carbonyl (C=O) groups is 1. The molecule has 0 bridgehead atoms. The maximum atomic E-state index is 12.4. The van der Waals surface area contributed by atoms with Crippen LogP contribution in [0.25, 0.3) is 0 Å². The number of carboxylic acid groups (broad SMARTS) is 1. The summed E-state index contributed by atoms with van der Waals surface area (Å²) in [6.45, 7) is -0.368. The fourth-order valence-electron chi connectivity index (χ4n) is 1.74. The standard InChI is InChI=1S/C12H13N3O4S/c13-5-10-3-4-11(6-14-10)20(18,19)15(8-12(16)17)7-9-1-2-9/h3-4,6,9H,1-2,7-8H2,(H,16,17). The van der Waals surface area contributed by atoms with E-state index in [2.05, 4.69) is 4.98 Å². The van der Waals surface area contributed by atoms with E-state index in [0.29, 0.717) is 0 Å². The Bertz CT molecular complexity index is 644. The van der Waals surface area contributed by atoms with Crippen LogP contribution in [0.1, 0.15) is 18.5 Å². The van der Waals surface area contributed by atoms with E-state index in [1.165, 1.54) is 12.1 Å². The van der Waals surface area contributed by atoms with Crippen LogP contribution in [0, 0.1) is 17.2 Å². The molecule has 1 fully saturated rings. The molecular weight excluding hydrogens is 282 g/mol. The first kappa shape index (κ1) is 14.4. The van der Waals surface area contributed by atoms with Crippen LogP contribution in [-0.4, -0.2) is 41.9 Å². The lowest BCUT2D eigenvalue weighted by molar-refractivity contribution is -0.137. The number of nitrogens with zero attached hydrogens (tertiary/aromatic N) is 3. The highest BCUT2D eigenvalue weighted by atomic mass is 32.2. The minimum absolute atomic E-state index is 0.0987. The topological polar surface area (TPSA) is 111 Å². The molecule has 0 unspecified atom stereocenters. The summed E-state index contributed by atoms with van der Waals surface area (Å²) in [6, 6.07) is 4.36. The number of hydrogen-bond acceptors (Lipinski definition) is 5. The minimum atomic E-state index is -3.90. The van der Waals surface area contributed by atoms with E-state index >= 15 is 0 Å². The number of carboxylic acids is 1. The van der Waals surface area contributed by atoms with Gasteiger partial charge in [0.15, 0.2) is 0 Å². The van der Waals surface area contributed by atoms with Gasteiger partial charge in [-0.25, -0.2) is 13.4 Å². The zero-order chi connectivity index (χ0) is 14.8. The SMILES string of the molecule is N#Cc1ccc(S(=O)(=O)N(CC(=O)O)CC2CC2)cn1. The predicted octanol–water partition coefficient (Wildman–Crippen LogP) is 0.439. The molecule has 20 heavy (non-hydrogen) atoms. The fourth-order valence-corrected chi connectivity index (χ4v) is 3.15. The molecule has 106 valence electrons. The Balaban J connectivity index is 2.27. The molecule has 1 aromatic heterocycles. The number of sulfonamides is 1. The monoisotopic (exact) mass is 295 g/mol. The summed E-state index contributed by atoms with van der Waals surface area (Å²) in [5, 5.41) is 17.5. The molecule has 1 aliphatic rings. The Hall–Kier alpha value is -1.98. The number of pyridine rings is 1. The van der Waals surface area contributed by atoms with Crippen molar-refractivity contribution in [3.05, 3.63) is 24.0 Å². The van der Waals surface area contributed by atoms with Crippen molar-refractivity contribution < 1.29 is 18.3 Å². The zero-order valence-corrected chi connectivity index (χ0v) is 11.4. The van der Waals surface area contributed by atoms with E-state index in [-0.39, 0.29) is 23.1 Å². The highest BCUT2D eigenvalue weighted by Gasteiger charge is 2.33. The third-order valence-electron chi connectivity index (χ3n) is 2.96. The molecular formula is C12H13N3O4S. The molecule has 0 aromatic carbocycles. The van der Waals surface area contributed by atoms with Gasteiger partial charge in [0.05, 0.1) is 0 Å². The van der Waals surface area contributed by atoms with Crippen molar-refractivity contribution in [3.8, 4) is 6.07 Å². The highest BCUT2D eigenvalue weighted by molar-refractivity contribution is 7.89. The van der Waals surface area contributed by atoms with Crippen LogP contribution >= 0.6 is 0 Å². The molecule has 1 aromatic rings. The molecule has 1 N–H and O–H groups in total. The molecule has 8 heteroatoms. The highest BCUT2D eigenvalue weighted by Crippen LogP contribution is 2.31. The van der Waals surface area contributed by atoms with Crippen LogP contribution < -0.4 is 0 Å². The summed E-state index contributed by atoms with van der Waals surface area (Å²) in [7, 11) is -3.90. The molecule has 0 saturated heterocycles. The third kappa shape index (κ3) is 3.31. The first-order chi connectivity index (χ1) is 9.43. The first-order valence-electron chi connectivity index (χ1n) is 6.01. The summed E-state index contributed by atoms with van der Waals surface area (Å²) in [4.78, 5) is 14.4. The average Bonchev–Trinajstić information content (AvgIpc) is 3.21. The van der Waals surface area contributed by atoms with E-state index < -0.39 is 22.5 Å². The van der Waals surface area contributed by atoms with Gasteiger partial charge in [-0.3, -0.25) is 4.79 Å². The summed E-state index contributed by atoms with van der Waals surface area (Å²) < 4.78 is 25.7. The Morgan fingerprint density at radius 1 is 1.50 bits per heavy atom. The van der Waals surface area contributed by atoms with Crippen molar-refractivity contribution in [1.82, 2.24) is 9.29 Å². The Labute approximate surface area is 116 Å². The van der Waals surface area contributed by atoms with Crippen molar-refractivity contribution in [1.29, 1.82) is 5.26 Å². The van der Waals surface area contributed by atoms with Gasteiger partial charge in [-0.2, -0.15) is 9.57 Å². The lowest BCUT2D eigenvalue weighted by atomic mass is 10.4. The molecule has 1 heterocycles. The van der Waals surface area contributed by atoms with Crippen molar-refractivity contribution in [3.63, 3.8) is 0 Å². The van der Waals surface area contributed by atoms with E-state index in [1.54, 1.807) is 6.07 Å². The molecule has 0 aliphatic heterocycles. The number of aromatic nitrogens is 1. The normalized spacial score (nSPS) is 15.0. The molecule has 0 amide bonds. The van der Waals surface area contributed by atoms with Crippen molar-refractivity contribution in [2.75, 3.05) is 13.1 Å². The Kier molecular flexibility index (Phi) is 4.01. The number of rotatable bonds is 6. The van der Waals surface area contributed by atoms with Crippen LogP contribution in [0.2, 0.25) is 0 Å². The second-order valence-corrected chi connectivity index (χ2v) is 6.56. The number of hydrogen-bond donors (Lipinski definition) is 1. The van der Waals surface area contributed by atoms with Crippen LogP contribution in [0.3, 0.4) is 0 Å². The summed E-state index contributed by atoms with van der Waals surface area (Å²) in [5.41, 5.74) is 0.107. The summed E-state index contributed by atoms with van der Waals surface area (Å²) >= 11 is 0. The smallest absolute Gasteiger partial charge is 0.318 e. The quantitative estimate of drug-likeness (QED) is 0.815. The van der Waals surface area contributed by atoms with Gasteiger partial charge in [0.25, 0.3) is 0 Å². The largest absolute Gasteiger partial charge is 0.480 e. The van der Waals surface area contributed by atoms with Crippen LogP contribution in [-0.2, 0) is 14.8 Å². The van der Waals surface area contributed by atoms with Gasteiger partial charge in [-0.1, -0.05) is 0 Å². The van der Waals surface area contributed by atoms with Crippen molar-refractivity contribution in [2.24, 2.45) is 5.92 Å². The predicted molar refractivity (Wildman–Crippen MR) is 68.1 cm³/mol. The van der Waals surface area contributed by atoms with E-state index in [0.717, 1.165) is 23.3 Å². The van der Waals surface area contributed by atoms with E-state index in [1.807, 2.05) is 0 Å². The Morgan fingerprint density at radius 2 is 2.20 bits per heavy atom. The average molecular weight is 295 g/mol. The van der Waals surface area contributed by atoms with Crippen molar-refractivity contribution in [2.45, 2.75) is 17.7 Å². The maximum Gasteiger partial charge on any atom is 0.318 e. The van der Waals surface area contributed by atoms with Crippen LogP contribution in [0.5, 0.6) is 0 Å². The molecule has 0 spiro atoms. The fraction of sp³-hybridized carbons (Fsp3) is 0.417.